The molecule has 0 spiro atoms. The molecule has 59 valence electrons. The fourth-order valence-electron chi connectivity index (χ4n) is 1.14. The number of rotatable bonds is 1. The van der Waals surface area contributed by atoms with Crippen molar-refractivity contribution >= 4 is 63.9 Å². The van der Waals surface area contributed by atoms with Gasteiger partial charge in [0.1, 0.15) is 0 Å². The topological polar surface area (TPSA) is 14.1 Å². The number of nitrogens with zero attached hydrogens (tertiary/aromatic N) is 1. The molecule has 0 saturated carbocycles. The summed E-state index contributed by atoms with van der Waals surface area (Å²) in [7, 11) is 0. The minimum atomic E-state index is 0. The Kier molecular flexibility index (Phi) is 5.03. The summed E-state index contributed by atoms with van der Waals surface area (Å²) >= 11 is 0. The van der Waals surface area contributed by atoms with Crippen LogP contribution in [0.25, 0.3) is 0 Å². The van der Waals surface area contributed by atoms with E-state index in [0.29, 0.717) is 0 Å². The number of hydrogen-bond donors (Lipinski definition) is 0. The Bertz CT molecular complexity index is 350. The Morgan fingerprint density at radius 1 is 0.923 bits per heavy atom. The molecule has 1 aliphatic rings. The monoisotopic (exact) mass is 241 g/mol. The van der Waals surface area contributed by atoms with Crippen LogP contribution < -0.4 is 4.99 Å². The molecule has 0 amide bonds. The van der Waals surface area contributed by atoms with Gasteiger partial charge in [-0.3, -0.25) is 0 Å². The van der Waals surface area contributed by atoms with Gasteiger partial charge in [0.15, 0.2) is 0 Å². The van der Waals surface area contributed by atoms with Crippen molar-refractivity contribution in [2.45, 2.75) is 0 Å². The molecule has 1 heterocycles. The van der Waals surface area contributed by atoms with E-state index in [4.69, 9.17) is 0 Å². The third kappa shape index (κ3) is 3.10. The van der Waals surface area contributed by atoms with Crippen LogP contribution in [0.2, 0.25) is 0 Å². The van der Waals surface area contributed by atoms with Gasteiger partial charge >= 0.3 is 58.2 Å². The molecule has 1 aromatic carbocycles. The van der Waals surface area contributed by atoms with E-state index in [1.54, 1.807) is 0 Å². The summed E-state index contributed by atoms with van der Waals surface area (Å²) in [5, 5.41) is 0. The zero-order valence-electron chi connectivity index (χ0n) is 6.64. The quantitative estimate of drug-likeness (QED) is 0.703. The van der Waals surface area contributed by atoms with Crippen LogP contribution in [0.5, 0.6) is 0 Å². The van der Waals surface area contributed by atoms with Crippen LogP contribution in [-0.2, 0) is 0 Å². The number of hydrogen-bond acceptors (Lipinski definition) is 1. The molecule has 13 heavy (non-hydrogen) atoms. The first-order valence-electron chi connectivity index (χ1n) is 3.93. The van der Waals surface area contributed by atoms with Crippen LogP contribution in [0.15, 0.2) is 54.8 Å². The molecule has 0 aliphatic carbocycles. The molecule has 0 bridgehead atoms. The summed E-state index contributed by atoms with van der Waals surface area (Å²) in [6.07, 6.45) is 7.74. The Balaban J connectivity index is 0.000000845. The zero-order valence-corrected chi connectivity index (χ0v) is 6.64. The van der Waals surface area contributed by atoms with Gasteiger partial charge in [0.05, 0.1) is 10.6 Å². The zero-order chi connectivity index (χ0) is 8.23. The van der Waals surface area contributed by atoms with Crippen LogP contribution in [0.4, 0.5) is 0 Å². The Morgan fingerprint density at radius 2 is 1.69 bits per heavy atom. The minimum absolute atomic E-state index is 0. The van der Waals surface area contributed by atoms with Crippen molar-refractivity contribution in [1.29, 1.82) is 0 Å². The predicted octanol–water partition coefficient (Wildman–Crippen LogP) is 1.25. The number of allylic oxidation sites excluding steroid dienone is 3. The van der Waals surface area contributed by atoms with Gasteiger partial charge in [0.2, 0.25) is 6.20 Å². The molecule has 0 atom stereocenters. The van der Waals surface area contributed by atoms with Gasteiger partial charge in [-0.05, 0) is 18.2 Å². The van der Waals surface area contributed by atoms with E-state index in [1.165, 1.54) is 0 Å². The summed E-state index contributed by atoms with van der Waals surface area (Å²) in [5.41, 5.74) is 2.19. The van der Waals surface area contributed by atoms with E-state index in [0.717, 1.165) is 11.3 Å². The maximum atomic E-state index is 4.25. The molecule has 0 fully saturated rings. The van der Waals surface area contributed by atoms with Gasteiger partial charge < -0.3 is 0 Å². The average Bonchev–Trinajstić information content (AvgIpc) is 2.21. The molecule has 0 N–H and O–H groups in total. The van der Waals surface area contributed by atoms with Gasteiger partial charge in [-0.15, -0.1) is 0 Å². The molecule has 1 aromatic rings. The van der Waals surface area contributed by atoms with Crippen molar-refractivity contribution in [3.05, 3.63) is 60.3 Å². The van der Waals surface area contributed by atoms with Crippen LogP contribution in [0.1, 0.15) is 5.56 Å². The standard InChI is InChI=1S/C11H9N.Rb.H/c1-2-6-10(7-3-1)11-8-4-5-9-12-11;;/h1-9H;;/q+1;;. The Hall–Kier alpha value is 0.175. The summed E-state index contributed by atoms with van der Waals surface area (Å²) in [4.78, 5) is 4.25. The van der Waals surface area contributed by atoms with E-state index >= 15 is 0 Å². The third-order valence-corrected chi connectivity index (χ3v) is 1.73. The second kappa shape index (κ2) is 5.81. The van der Waals surface area contributed by atoms with Crippen molar-refractivity contribution < 1.29 is 0 Å². The molecule has 1 nitrogen and oxygen atoms in total. The molecular weight excluding hydrogens is 232 g/mol. The summed E-state index contributed by atoms with van der Waals surface area (Å²) in [6, 6.07) is 10.2. The molecule has 2 heteroatoms. The summed E-state index contributed by atoms with van der Waals surface area (Å²) in [5.74, 6) is 0. The third-order valence-electron chi connectivity index (χ3n) is 1.73. The van der Waals surface area contributed by atoms with E-state index in [2.05, 4.69) is 17.1 Å². The van der Waals surface area contributed by atoms with E-state index in [-0.39, 0.29) is 58.2 Å². The summed E-state index contributed by atoms with van der Waals surface area (Å²) < 4.78 is 0. The molecular formula is C11H10NRb+. The molecule has 0 saturated heterocycles. The van der Waals surface area contributed by atoms with Crippen LogP contribution >= 0.6 is 0 Å². The normalized spacial score (nSPS) is 13.4. The second-order valence-electron chi connectivity index (χ2n) is 2.58. The Morgan fingerprint density at radius 3 is 2.31 bits per heavy atom. The number of aliphatic imine (C=N–C) groups is 1. The van der Waals surface area contributed by atoms with E-state index in [1.807, 2.05) is 42.6 Å². The van der Waals surface area contributed by atoms with Crippen molar-refractivity contribution in [2.75, 3.05) is 0 Å². The molecule has 0 aromatic heterocycles. The van der Waals surface area contributed by atoms with Gasteiger partial charge in [0, 0.05) is 12.2 Å². The molecule has 2 rings (SSSR count). The average molecular weight is 242 g/mol. The first-order valence-corrected chi connectivity index (χ1v) is 3.93. The first-order chi connectivity index (χ1) is 5.97. The van der Waals surface area contributed by atoms with E-state index in [9.17, 15) is 0 Å². The van der Waals surface area contributed by atoms with Crippen molar-refractivity contribution in [1.82, 2.24) is 4.99 Å². The second-order valence-corrected chi connectivity index (χ2v) is 2.58. The van der Waals surface area contributed by atoms with Gasteiger partial charge in [-0.1, -0.05) is 18.2 Å². The number of benzene rings is 1. The fraction of sp³-hybridized carbons (Fsp3) is 0. The fourth-order valence-corrected chi connectivity index (χ4v) is 1.14. The van der Waals surface area contributed by atoms with Crippen LogP contribution in [0.3, 0.4) is 0 Å². The SMILES string of the molecule is C1=C[N+]=C(c2ccccc2)C=C1.[RbH]. The van der Waals surface area contributed by atoms with Crippen molar-refractivity contribution in [3.63, 3.8) is 0 Å². The van der Waals surface area contributed by atoms with E-state index < -0.39 is 0 Å². The van der Waals surface area contributed by atoms with Crippen LogP contribution in [0, 0.1) is 0 Å². The maximum absolute atomic E-state index is 4.25. The van der Waals surface area contributed by atoms with Crippen LogP contribution in [-0.4, -0.2) is 63.9 Å². The van der Waals surface area contributed by atoms with Crippen molar-refractivity contribution in [3.8, 4) is 0 Å². The molecule has 1 radical (unpaired) electrons. The van der Waals surface area contributed by atoms with Gasteiger partial charge in [-0.25, -0.2) is 0 Å². The molecule has 0 unspecified atom stereocenters. The predicted molar refractivity (Wildman–Crippen MR) is 58.1 cm³/mol. The van der Waals surface area contributed by atoms with Gasteiger partial charge in [0.25, 0.3) is 5.71 Å². The first kappa shape index (κ1) is 11.3. The van der Waals surface area contributed by atoms with Crippen molar-refractivity contribution in [2.24, 2.45) is 0 Å². The van der Waals surface area contributed by atoms with Gasteiger partial charge in [-0.2, -0.15) is 0 Å². The Labute approximate surface area is 127 Å². The summed E-state index contributed by atoms with van der Waals surface area (Å²) in [6.45, 7) is 0. The molecule has 1 aliphatic heterocycles.